The number of carbonyl (C=O) groups is 1. The van der Waals surface area contributed by atoms with Gasteiger partial charge < -0.3 is 0 Å². The fraction of sp³-hybridized carbons (Fsp3) is 0.588. The van der Waals surface area contributed by atoms with Crippen molar-refractivity contribution in [3.05, 3.63) is 34.3 Å². The third-order valence-electron chi connectivity index (χ3n) is 4.79. The Bertz CT molecular complexity index is 491. The third-order valence-corrected chi connectivity index (χ3v) is 5.48. The summed E-state index contributed by atoms with van der Waals surface area (Å²) in [5.41, 5.74) is 0.802. The van der Waals surface area contributed by atoms with Crippen molar-refractivity contribution in [1.29, 1.82) is 0 Å². The van der Waals surface area contributed by atoms with Gasteiger partial charge in [-0.05, 0) is 18.9 Å². The highest BCUT2D eigenvalue weighted by atomic mass is 79.9. The Balaban J connectivity index is 1.51. The molecule has 1 saturated heterocycles. The summed E-state index contributed by atoms with van der Waals surface area (Å²) in [6.45, 7) is 4.82. The number of benzene rings is 1. The first-order valence-corrected chi connectivity index (χ1v) is 8.77. The molecule has 0 N–H and O–H groups in total. The van der Waals surface area contributed by atoms with Gasteiger partial charge in [-0.3, -0.25) is 14.6 Å². The van der Waals surface area contributed by atoms with Gasteiger partial charge >= 0.3 is 0 Å². The van der Waals surface area contributed by atoms with Crippen LogP contribution in [-0.2, 0) is 0 Å². The molecule has 0 radical (unpaired) electrons. The van der Waals surface area contributed by atoms with E-state index in [-0.39, 0.29) is 5.78 Å². The minimum Gasteiger partial charge on any atom is -0.298 e. The summed E-state index contributed by atoms with van der Waals surface area (Å²) in [4.78, 5) is 17.3. The predicted octanol–water partition coefficient (Wildman–Crippen LogP) is 3.19. The topological polar surface area (TPSA) is 23.6 Å². The lowest BCUT2D eigenvalue weighted by Crippen LogP contribution is -2.50. The van der Waals surface area contributed by atoms with Gasteiger partial charge in [0.25, 0.3) is 0 Å². The minimum absolute atomic E-state index is 0.219. The number of Topliss-reactive ketones (excluding diaryl/α,β-unsaturated/α-hetero) is 1. The van der Waals surface area contributed by atoms with Gasteiger partial charge in [-0.15, -0.1) is 0 Å². The normalized spacial score (nSPS) is 21.8. The molecule has 1 heterocycles. The minimum atomic E-state index is 0.219. The molecular formula is C17H23BrN2O. The molecule has 0 amide bonds. The van der Waals surface area contributed by atoms with Crippen molar-refractivity contribution in [3.8, 4) is 0 Å². The molecule has 3 rings (SSSR count). The highest BCUT2D eigenvalue weighted by molar-refractivity contribution is 9.10. The number of carbonyl (C=O) groups excluding carboxylic acids is 1. The molecule has 0 atom stereocenters. The third kappa shape index (κ3) is 3.74. The zero-order valence-electron chi connectivity index (χ0n) is 12.4. The molecule has 4 heteroatoms. The van der Waals surface area contributed by atoms with Crippen LogP contribution in [0.4, 0.5) is 0 Å². The average Bonchev–Trinajstić information content (AvgIpc) is 3.02. The Morgan fingerprint density at radius 1 is 1.10 bits per heavy atom. The number of hydrogen-bond donors (Lipinski definition) is 0. The Kier molecular flexibility index (Phi) is 5.09. The second-order valence-electron chi connectivity index (χ2n) is 6.15. The van der Waals surface area contributed by atoms with E-state index in [9.17, 15) is 4.79 Å². The monoisotopic (exact) mass is 350 g/mol. The Morgan fingerprint density at radius 3 is 2.43 bits per heavy atom. The van der Waals surface area contributed by atoms with E-state index in [2.05, 4.69) is 25.7 Å². The number of piperazine rings is 1. The van der Waals surface area contributed by atoms with Gasteiger partial charge in [-0.2, -0.15) is 0 Å². The molecule has 2 fully saturated rings. The van der Waals surface area contributed by atoms with Crippen LogP contribution in [0.3, 0.4) is 0 Å². The van der Waals surface area contributed by atoms with Crippen LogP contribution in [0, 0.1) is 0 Å². The highest BCUT2D eigenvalue weighted by Crippen LogP contribution is 2.24. The first kappa shape index (κ1) is 15.2. The van der Waals surface area contributed by atoms with Gasteiger partial charge in [0.05, 0.1) is 6.54 Å². The molecule has 1 aliphatic heterocycles. The molecule has 0 bridgehead atoms. The largest absolute Gasteiger partial charge is 0.298 e. The van der Waals surface area contributed by atoms with E-state index in [0.29, 0.717) is 6.54 Å². The van der Waals surface area contributed by atoms with E-state index in [1.165, 1.54) is 25.7 Å². The molecule has 3 nitrogen and oxygen atoms in total. The number of nitrogens with zero attached hydrogens (tertiary/aromatic N) is 2. The van der Waals surface area contributed by atoms with E-state index in [1.54, 1.807) is 0 Å². The fourth-order valence-corrected chi connectivity index (χ4v) is 4.04. The quantitative estimate of drug-likeness (QED) is 0.779. The molecule has 1 aliphatic carbocycles. The first-order valence-electron chi connectivity index (χ1n) is 7.98. The molecule has 0 unspecified atom stereocenters. The summed E-state index contributed by atoms with van der Waals surface area (Å²) in [5, 5.41) is 0. The van der Waals surface area contributed by atoms with Crippen LogP contribution in [-0.4, -0.2) is 54.3 Å². The molecule has 0 aromatic heterocycles. The summed E-state index contributed by atoms with van der Waals surface area (Å²) in [7, 11) is 0. The molecular weight excluding hydrogens is 328 g/mol. The van der Waals surface area contributed by atoms with Crippen LogP contribution in [0.25, 0.3) is 0 Å². The maximum atomic E-state index is 12.4. The van der Waals surface area contributed by atoms with Crippen LogP contribution in [0.2, 0.25) is 0 Å². The number of halogens is 1. The van der Waals surface area contributed by atoms with Crippen LogP contribution in [0.5, 0.6) is 0 Å². The second kappa shape index (κ2) is 7.03. The van der Waals surface area contributed by atoms with Crippen molar-refractivity contribution in [2.24, 2.45) is 0 Å². The Labute approximate surface area is 135 Å². The van der Waals surface area contributed by atoms with Gasteiger partial charge in [0.15, 0.2) is 5.78 Å². The summed E-state index contributed by atoms with van der Waals surface area (Å²) >= 11 is 3.47. The van der Waals surface area contributed by atoms with Crippen molar-refractivity contribution in [2.45, 2.75) is 31.7 Å². The van der Waals surface area contributed by atoms with Gasteiger partial charge in [0, 0.05) is 42.3 Å². The van der Waals surface area contributed by atoms with Crippen LogP contribution in [0.15, 0.2) is 28.7 Å². The van der Waals surface area contributed by atoms with E-state index >= 15 is 0 Å². The van der Waals surface area contributed by atoms with Crippen molar-refractivity contribution in [3.63, 3.8) is 0 Å². The molecule has 1 saturated carbocycles. The molecule has 0 spiro atoms. The summed E-state index contributed by atoms with van der Waals surface area (Å²) < 4.78 is 0.902. The van der Waals surface area contributed by atoms with E-state index in [0.717, 1.165) is 42.3 Å². The Morgan fingerprint density at radius 2 is 1.76 bits per heavy atom. The van der Waals surface area contributed by atoms with Crippen molar-refractivity contribution in [2.75, 3.05) is 32.7 Å². The van der Waals surface area contributed by atoms with Crippen molar-refractivity contribution in [1.82, 2.24) is 9.80 Å². The molecule has 21 heavy (non-hydrogen) atoms. The Hall–Kier alpha value is -0.710. The fourth-order valence-electron chi connectivity index (χ4n) is 3.53. The summed E-state index contributed by atoms with van der Waals surface area (Å²) in [6, 6.07) is 8.52. The lowest BCUT2D eigenvalue weighted by molar-refractivity contribution is 0.0774. The van der Waals surface area contributed by atoms with Crippen LogP contribution < -0.4 is 0 Å². The van der Waals surface area contributed by atoms with Crippen LogP contribution in [0.1, 0.15) is 36.0 Å². The zero-order valence-corrected chi connectivity index (χ0v) is 14.0. The predicted molar refractivity (Wildman–Crippen MR) is 88.7 cm³/mol. The van der Waals surface area contributed by atoms with Gasteiger partial charge in [0.1, 0.15) is 0 Å². The number of ketones is 1. The van der Waals surface area contributed by atoms with Crippen molar-refractivity contribution >= 4 is 21.7 Å². The van der Waals surface area contributed by atoms with E-state index < -0.39 is 0 Å². The van der Waals surface area contributed by atoms with E-state index in [1.807, 2.05) is 24.3 Å². The zero-order chi connectivity index (χ0) is 14.7. The van der Waals surface area contributed by atoms with Crippen LogP contribution >= 0.6 is 15.9 Å². The SMILES string of the molecule is O=C(CN1CCN(C2CCCC2)CC1)c1ccccc1Br. The number of rotatable bonds is 4. The highest BCUT2D eigenvalue weighted by Gasteiger charge is 2.26. The van der Waals surface area contributed by atoms with Gasteiger partial charge in [-0.25, -0.2) is 0 Å². The lowest BCUT2D eigenvalue weighted by Gasteiger charge is -2.37. The lowest BCUT2D eigenvalue weighted by atomic mass is 10.1. The smallest absolute Gasteiger partial charge is 0.177 e. The van der Waals surface area contributed by atoms with E-state index in [4.69, 9.17) is 0 Å². The maximum absolute atomic E-state index is 12.4. The molecule has 2 aliphatic rings. The van der Waals surface area contributed by atoms with Gasteiger partial charge in [-0.1, -0.05) is 47.0 Å². The standard InChI is InChI=1S/C17H23BrN2O/c18-16-8-4-3-7-15(16)17(21)13-19-9-11-20(12-10-19)14-5-1-2-6-14/h3-4,7-8,14H,1-2,5-6,9-13H2. The summed E-state index contributed by atoms with van der Waals surface area (Å²) in [6.07, 6.45) is 5.53. The first-order chi connectivity index (χ1) is 10.2. The average molecular weight is 351 g/mol. The summed E-state index contributed by atoms with van der Waals surface area (Å²) in [5.74, 6) is 0.219. The molecule has 114 valence electrons. The molecule has 1 aromatic carbocycles. The van der Waals surface area contributed by atoms with Crippen molar-refractivity contribution < 1.29 is 4.79 Å². The van der Waals surface area contributed by atoms with Gasteiger partial charge in [0.2, 0.25) is 0 Å². The maximum Gasteiger partial charge on any atom is 0.177 e. The molecule has 1 aromatic rings. The second-order valence-corrected chi connectivity index (χ2v) is 7.01. The number of hydrogen-bond acceptors (Lipinski definition) is 3.